The Balaban J connectivity index is 1.95. The molecule has 1 heterocycles. The van der Waals surface area contributed by atoms with Gasteiger partial charge in [-0.15, -0.1) is 0 Å². The van der Waals surface area contributed by atoms with Gasteiger partial charge in [0.15, 0.2) is 0 Å². The summed E-state index contributed by atoms with van der Waals surface area (Å²) in [5.74, 6) is 0.320. The van der Waals surface area contributed by atoms with Gasteiger partial charge in [0.1, 0.15) is 5.84 Å². The summed E-state index contributed by atoms with van der Waals surface area (Å²) >= 11 is 0. The SMILES string of the molecule is CN1CCN=C1c1ccc(CCCC(=O)O)cc1. The van der Waals surface area contributed by atoms with Crippen molar-refractivity contribution in [1.82, 2.24) is 4.90 Å². The van der Waals surface area contributed by atoms with E-state index in [0.717, 1.165) is 30.9 Å². The van der Waals surface area contributed by atoms with Crippen LogP contribution in [0.15, 0.2) is 29.3 Å². The first-order valence-corrected chi connectivity index (χ1v) is 6.23. The number of benzene rings is 1. The van der Waals surface area contributed by atoms with Crippen LogP contribution in [0.25, 0.3) is 0 Å². The van der Waals surface area contributed by atoms with E-state index >= 15 is 0 Å². The van der Waals surface area contributed by atoms with Crippen LogP contribution in [0.3, 0.4) is 0 Å². The van der Waals surface area contributed by atoms with E-state index in [1.165, 1.54) is 5.56 Å². The minimum absolute atomic E-state index is 0.233. The van der Waals surface area contributed by atoms with Gasteiger partial charge in [0, 0.05) is 25.6 Å². The van der Waals surface area contributed by atoms with Crippen molar-refractivity contribution in [1.29, 1.82) is 0 Å². The lowest BCUT2D eigenvalue weighted by atomic mass is 10.1. The highest BCUT2D eigenvalue weighted by atomic mass is 16.4. The van der Waals surface area contributed by atoms with Crippen molar-refractivity contribution in [2.45, 2.75) is 19.3 Å². The number of aryl methyl sites for hydroxylation is 1. The molecule has 0 spiro atoms. The predicted molar refractivity (Wildman–Crippen MR) is 71.0 cm³/mol. The summed E-state index contributed by atoms with van der Waals surface area (Å²) in [6, 6.07) is 8.26. The number of carboxylic acid groups (broad SMARTS) is 1. The van der Waals surface area contributed by atoms with Crippen molar-refractivity contribution in [2.24, 2.45) is 4.99 Å². The van der Waals surface area contributed by atoms with Gasteiger partial charge in [-0.3, -0.25) is 9.79 Å². The summed E-state index contributed by atoms with van der Waals surface area (Å²) in [5, 5.41) is 8.59. The van der Waals surface area contributed by atoms with Gasteiger partial charge in [-0.1, -0.05) is 24.3 Å². The Labute approximate surface area is 107 Å². The summed E-state index contributed by atoms with van der Waals surface area (Å²) in [7, 11) is 2.05. The van der Waals surface area contributed by atoms with Gasteiger partial charge in [-0.25, -0.2) is 0 Å². The lowest BCUT2D eigenvalue weighted by Gasteiger charge is -2.13. The molecule has 0 fully saturated rings. The molecule has 4 heteroatoms. The fourth-order valence-corrected chi connectivity index (χ4v) is 2.11. The van der Waals surface area contributed by atoms with Gasteiger partial charge in [-0.05, 0) is 18.4 Å². The predicted octanol–water partition coefficient (Wildman–Crippen LogP) is 1.79. The molecule has 1 N–H and O–H groups in total. The van der Waals surface area contributed by atoms with Gasteiger partial charge in [0.2, 0.25) is 0 Å². The molecule has 1 aromatic rings. The number of rotatable bonds is 5. The molecule has 1 aromatic carbocycles. The second-order valence-corrected chi connectivity index (χ2v) is 4.57. The second kappa shape index (κ2) is 5.67. The summed E-state index contributed by atoms with van der Waals surface area (Å²) < 4.78 is 0. The Morgan fingerprint density at radius 1 is 1.39 bits per heavy atom. The topological polar surface area (TPSA) is 52.9 Å². The number of hydrogen-bond donors (Lipinski definition) is 1. The molecule has 96 valence electrons. The molecule has 0 aliphatic carbocycles. The molecule has 0 saturated carbocycles. The molecule has 0 bridgehead atoms. The zero-order valence-corrected chi connectivity index (χ0v) is 10.6. The maximum Gasteiger partial charge on any atom is 0.303 e. The van der Waals surface area contributed by atoms with E-state index in [1.54, 1.807) is 0 Å². The molecule has 1 aliphatic heterocycles. The van der Waals surface area contributed by atoms with E-state index < -0.39 is 5.97 Å². The van der Waals surface area contributed by atoms with Crippen LogP contribution >= 0.6 is 0 Å². The number of amidine groups is 1. The van der Waals surface area contributed by atoms with Crippen LogP contribution in [0, 0.1) is 0 Å². The lowest BCUT2D eigenvalue weighted by molar-refractivity contribution is -0.137. The van der Waals surface area contributed by atoms with Crippen LogP contribution in [-0.2, 0) is 11.2 Å². The first-order chi connectivity index (χ1) is 8.66. The van der Waals surface area contributed by atoms with E-state index in [-0.39, 0.29) is 6.42 Å². The average molecular weight is 246 g/mol. The van der Waals surface area contributed by atoms with Crippen LogP contribution in [-0.4, -0.2) is 41.9 Å². The Morgan fingerprint density at radius 3 is 2.67 bits per heavy atom. The summed E-state index contributed by atoms with van der Waals surface area (Å²) in [6.45, 7) is 1.85. The molecular weight excluding hydrogens is 228 g/mol. The Kier molecular flexibility index (Phi) is 3.97. The zero-order chi connectivity index (χ0) is 13.0. The zero-order valence-electron chi connectivity index (χ0n) is 10.6. The van der Waals surface area contributed by atoms with Crippen molar-refractivity contribution < 1.29 is 9.90 Å². The van der Waals surface area contributed by atoms with Crippen LogP contribution in [0.5, 0.6) is 0 Å². The third-order valence-electron chi connectivity index (χ3n) is 3.13. The van der Waals surface area contributed by atoms with E-state index in [4.69, 9.17) is 5.11 Å². The summed E-state index contributed by atoms with van der Waals surface area (Å²) in [6.07, 6.45) is 1.74. The van der Waals surface area contributed by atoms with Crippen LogP contribution in [0.4, 0.5) is 0 Å². The third kappa shape index (κ3) is 3.09. The van der Waals surface area contributed by atoms with Gasteiger partial charge in [0.05, 0.1) is 6.54 Å². The molecule has 0 radical (unpaired) electrons. The minimum atomic E-state index is -0.728. The Hall–Kier alpha value is -1.84. The second-order valence-electron chi connectivity index (χ2n) is 4.57. The molecule has 1 aliphatic rings. The van der Waals surface area contributed by atoms with E-state index in [1.807, 2.05) is 7.05 Å². The largest absolute Gasteiger partial charge is 0.481 e. The van der Waals surface area contributed by atoms with Crippen molar-refractivity contribution in [3.05, 3.63) is 35.4 Å². The number of aliphatic carboxylic acids is 1. The average Bonchev–Trinajstić information content (AvgIpc) is 2.76. The Morgan fingerprint density at radius 2 is 2.11 bits per heavy atom. The number of hydrogen-bond acceptors (Lipinski definition) is 3. The highest BCUT2D eigenvalue weighted by Gasteiger charge is 2.13. The van der Waals surface area contributed by atoms with E-state index in [0.29, 0.717) is 6.42 Å². The molecule has 0 atom stereocenters. The maximum atomic E-state index is 10.4. The molecule has 0 aromatic heterocycles. The first kappa shape index (κ1) is 12.6. The fraction of sp³-hybridized carbons (Fsp3) is 0.429. The lowest BCUT2D eigenvalue weighted by Crippen LogP contribution is -2.23. The van der Waals surface area contributed by atoms with Crippen LogP contribution in [0.1, 0.15) is 24.0 Å². The van der Waals surface area contributed by atoms with Gasteiger partial charge >= 0.3 is 5.97 Å². The first-order valence-electron chi connectivity index (χ1n) is 6.23. The quantitative estimate of drug-likeness (QED) is 0.861. The maximum absolute atomic E-state index is 10.4. The Bertz CT molecular complexity index is 451. The monoisotopic (exact) mass is 246 g/mol. The van der Waals surface area contributed by atoms with Crippen molar-refractivity contribution in [3.8, 4) is 0 Å². The van der Waals surface area contributed by atoms with Gasteiger partial charge < -0.3 is 10.0 Å². The normalized spacial score (nSPS) is 14.7. The summed E-state index contributed by atoms with van der Waals surface area (Å²) in [4.78, 5) is 17.1. The number of aliphatic imine (C=N–C) groups is 1. The molecular formula is C14H18N2O2. The minimum Gasteiger partial charge on any atom is -0.481 e. The third-order valence-corrected chi connectivity index (χ3v) is 3.13. The van der Waals surface area contributed by atoms with Gasteiger partial charge in [-0.2, -0.15) is 0 Å². The standard InChI is InChI=1S/C14H18N2O2/c1-16-10-9-15-14(16)12-7-5-11(6-8-12)3-2-4-13(17)18/h5-8H,2-4,9-10H2,1H3,(H,17,18). The molecule has 4 nitrogen and oxygen atoms in total. The molecule has 0 amide bonds. The number of likely N-dealkylation sites (N-methyl/N-ethyl adjacent to an activating group) is 1. The number of nitrogens with zero attached hydrogens (tertiary/aromatic N) is 2. The molecule has 0 saturated heterocycles. The fourth-order valence-electron chi connectivity index (χ4n) is 2.11. The highest BCUT2D eigenvalue weighted by Crippen LogP contribution is 2.12. The van der Waals surface area contributed by atoms with Crippen molar-refractivity contribution >= 4 is 11.8 Å². The molecule has 18 heavy (non-hydrogen) atoms. The van der Waals surface area contributed by atoms with E-state index in [2.05, 4.69) is 34.2 Å². The highest BCUT2D eigenvalue weighted by molar-refractivity contribution is 5.99. The number of carbonyl (C=O) groups is 1. The van der Waals surface area contributed by atoms with Crippen molar-refractivity contribution in [3.63, 3.8) is 0 Å². The molecule has 2 rings (SSSR count). The van der Waals surface area contributed by atoms with Crippen LogP contribution < -0.4 is 0 Å². The molecule has 0 unspecified atom stereocenters. The van der Waals surface area contributed by atoms with Crippen LogP contribution in [0.2, 0.25) is 0 Å². The van der Waals surface area contributed by atoms with Gasteiger partial charge in [0.25, 0.3) is 0 Å². The van der Waals surface area contributed by atoms with E-state index in [9.17, 15) is 4.79 Å². The summed E-state index contributed by atoms with van der Waals surface area (Å²) in [5.41, 5.74) is 2.32. The number of carboxylic acids is 1. The van der Waals surface area contributed by atoms with Crippen molar-refractivity contribution in [2.75, 3.05) is 20.1 Å². The smallest absolute Gasteiger partial charge is 0.303 e.